The van der Waals surface area contributed by atoms with Crippen LogP contribution in [0.5, 0.6) is 0 Å². The fourth-order valence-electron chi connectivity index (χ4n) is 1.25. The topological polar surface area (TPSA) is 36.4 Å². The number of rotatable bonds is 3. The Morgan fingerprint density at radius 3 is 2.47 bits per heavy atom. The molecule has 82 valence electrons. The average molecular weight is 205 g/mol. The molecule has 2 N–H and O–H groups in total. The van der Waals surface area contributed by atoms with Crippen LogP contribution in [0.25, 0.3) is 0 Å². The molecule has 0 aliphatic rings. The Hall–Kier alpha value is -1.51. The first-order valence-corrected chi connectivity index (χ1v) is 5.23. The van der Waals surface area contributed by atoms with Crippen LogP contribution in [0.3, 0.4) is 0 Å². The van der Waals surface area contributed by atoms with Gasteiger partial charge < -0.3 is 10.6 Å². The lowest BCUT2D eigenvalue weighted by Crippen LogP contribution is -2.40. The molecule has 0 aliphatic heterocycles. The standard InChI is InChI=1S/C12H19N3/c1-10(2)15-12(13-3)14-9-11-7-5-4-6-8-11/h4-8,10H,9H2,1-3H3,(H2,13,14,15). The number of guanidine groups is 1. The minimum absolute atomic E-state index is 0.395. The highest BCUT2D eigenvalue weighted by atomic mass is 15.2. The molecule has 3 nitrogen and oxygen atoms in total. The molecule has 0 amide bonds. The third-order valence-electron chi connectivity index (χ3n) is 1.95. The first kappa shape index (κ1) is 11.6. The van der Waals surface area contributed by atoms with Gasteiger partial charge in [-0.05, 0) is 19.4 Å². The van der Waals surface area contributed by atoms with Gasteiger partial charge in [-0.1, -0.05) is 30.3 Å². The summed E-state index contributed by atoms with van der Waals surface area (Å²) in [7, 11) is 1.78. The maximum Gasteiger partial charge on any atom is 0.191 e. The molecule has 1 rings (SSSR count). The van der Waals surface area contributed by atoms with Gasteiger partial charge in [-0.3, -0.25) is 4.99 Å². The van der Waals surface area contributed by atoms with Crippen LogP contribution in [0.2, 0.25) is 0 Å². The van der Waals surface area contributed by atoms with Crippen LogP contribution in [-0.4, -0.2) is 19.0 Å². The Kier molecular flexibility index (Phi) is 4.68. The Labute approximate surface area is 91.6 Å². The summed E-state index contributed by atoms with van der Waals surface area (Å²) >= 11 is 0. The fourth-order valence-corrected chi connectivity index (χ4v) is 1.25. The largest absolute Gasteiger partial charge is 0.354 e. The minimum atomic E-state index is 0.395. The monoisotopic (exact) mass is 205 g/mol. The van der Waals surface area contributed by atoms with Crippen molar-refractivity contribution in [3.8, 4) is 0 Å². The summed E-state index contributed by atoms with van der Waals surface area (Å²) in [6.45, 7) is 4.98. The Morgan fingerprint density at radius 2 is 1.93 bits per heavy atom. The highest BCUT2D eigenvalue weighted by Gasteiger charge is 1.98. The van der Waals surface area contributed by atoms with Gasteiger partial charge in [-0.2, -0.15) is 0 Å². The Morgan fingerprint density at radius 1 is 1.27 bits per heavy atom. The molecule has 0 heterocycles. The molecule has 0 unspecified atom stereocenters. The van der Waals surface area contributed by atoms with Gasteiger partial charge in [0, 0.05) is 19.6 Å². The zero-order valence-corrected chi connectivity index (χ0v) is 9.62. The molecule has 0 fully saturated rings. The number of hydrogen-bond acceptors (Lipinski definition) is 1. The molecule has 3 heteroatoms. The maximum atomic E-state index is 4.14. The van der Waals surface area contributed by atoms with E-state index in [1.807, 2.05) is 18.2 Å². The van der Waals surface area contributed by atoms with Crippen LogP contribution in [0.4, 0.5) is 0 Å². The third-order valence-corrected chi connectivity index (χ3v) is 1.95. The van der Waals surface area contributed by atoms with Crippen LogP contribution in [0.1, 0.15) is 19.4 Å². The maximum absolute atomic E-state index is 4.14. The van der Waals surface area contributed by atoms with Crippen molar-refractivity contribution < 1.29 is 0 Å². The van der Waals surface area contributed by atoms with Crippen molar-refractivity contribution in [3.05, 3.63) is 35.9 Å². The molecule has 0 saturated carbocycles. The second-order valence-corrected chi connectivity index (χ2v) is 3.71. The van der Waals surface area contributed by atoms with Gasteiger partial charge in [0.2, 0.25) is 0 Å². The van der Waals surface area contributed by atoms with Crippen LogP contribution < -0.4 is 10.6 Å². The van der Waals surface area contributed by atoms with Gasteiger partial charge in [-0.25, -0.2) is 0 Å². The van der Waals surface area contributed by atoms with Gasteiger partial charge in [0.15, 0.2) is 5.96 Å². The summed E-state index contributed by atoms with van der Waals surface area (Å²) in [5, 5.41) is 6.49. The third kappa shape index (κ3) is 4.49. The van der Waals surface area contributed by atoms with E-state index in [1.54, 1.807) is 7.05 Å². The van der Waals surface area contributed by atoms with E-state index in [-0.39, 0.29) is 0 Å². The average Bonchev–Trinajstić information content (AvgIpc) is 2.25. The summed E-state index contributed by atoms with van der Waals surface area (Å²) in [6, 6.07) is 10.7. The number of nitrogens with one attached hydrogen (secondary N) is 2. The SMILES string of the molecule is CN=C(NCc1ccccc1)NC(C)C. The molecule has 0 aromatic heterocycles. The lowest BCUT2D eigenvalue weighted by atomic mass is 10.2. The molecular formula is C12H19N3. The van der Waals surface area contributed by atoms with Crippen molar-refractivity contribution in [2.24, 2.45) is 4.99 Å². The predicted octanol–water partition coefficient (Wildman–Crippen LogP) is 1.76. The van der Waals surface area contributed by atoms with Gasteiger partial charge in [0.05, 0.1) is 0 Å². The van der Waals surface area contributed by atoms with E-state index < -0.39 is 0 Å². The zero-order valence-electron chi connectivity index (χ0n) is 9.62. The van der Waals surface area contributed by atoms with E-state index in [2.05, 4.69) is 41.6 Å². The first-order valence-electron chi connectivity index (χ1n) is 5.23. The number of nitrogens with zero attached hydrogens (tertiary/aromatic N) is 1. The van der Waals surface area contributed by atoms with Crippen molar-refractivity contribution in [1.29, 1.82) is 0 Å². The first-order chi connectivity index (χ1) is 7.22. The van der Waals surface area contributed by atoms with Crippen molar-refractivity contribution >= 4 is 5.96 Å². The zero-order chi connectivity index (χ0) is 11.1. The van der Waals surface area contributed by atoms with E-state index in [0.717, 1.165) is 12.5 Å². The van der Waals surface area contributed by atoms with E-state index in [9.17, 15) is 0 Å². The van der Waals surface area contributed by atoms with Crippen LogP contribution in [0.15, 0.2) is 35.3 Å². The molecule has 0 bridgehead atoms. The molecule has 1 aromatic rings. The minimum Gasteiger partial charge on any atom is -0.354 e. The second-order valence-electron chi connectivity index (χ2n) is 3.71. The Bertz CT molecular complexity index is 304. The second kappa shape index (κ2) is 6.06. The van der Waals surface area contributed by atoms with Gasteiger partial charge in [0.1, 0.15) is 0 Å². The van der Waals surface area contributed by atoms with Gasteiger partial charge >= 0.3 is 0 Å². The smallest absolute Gasteiger partial charge is 0.191 e. The van der Waals surface area contributed by atoms with Crippen LogP contribution >= 0.6 is 0 Å². The van der Waals surface area contributed by atoms with Crippen molar-refractivity contribution in [2.45, 2.75) is 26.4 Å². The predicted molar refractivity (Wildman–Crippen MR) is 64.9 cm³/mol. The molecule has 0 atom stereocenters. The highest BCUT2D eigenvalue weighted by molar-refractivity contribution is 5.79. The lowest BCUT2D eigenvalue weighted by Gasteiger charge is -2.14. The van der Waals surface area contributed by atoms with Crippen molar-refractivity contribution in [1.82, 2.24) is 10.6 Å². The number of hydrogen-bond donors (Lipinski definition) is 2. The molecular weight excluding hydrogens is 186 g/mol. The van der Waals surface area contributed by atoms with E-state index >= 15 is 0 Å². The summed E-state index contributed by atoms with van der Waals surface area (Å²) in [6.07, 6.45) is 0. The fraction of sp³-hybridized carbons (Fsp3) is 0.417. The van der Waals surface area contributed by atoms with E-state index in [1.165, 1.54) is 5.56 Å². The molecule has 0 aliphatic carbocycles. The normalized spacial score (nSPS) is 11.6. The quantitative estimate of drug-likeness (QED) is 0.582. The highest BCUT2D eigenvalue weighted by Crippen LogP contribution is 1.96. The number of aliphatic imine (C=N–C) groups is 1. The summed E-state index contributed by atoms with van der Waals surface area (Å²) in [4.78, 5) is 4.14. The van der Waals surface area contributed by atoms with Crippen molar-refractivity contribution in [3.63, 3.8) is 0 Å². The summed E-state index contributed by atoms with van der Waals surface area (Å²) in [5.74, 6) is 0.842. The molecule has 0 saturated heterocycles. The number of benzene rings is 1. The molecule has 1 aromatic carbocycles. The molecule has 0 spiro atoms. The van der Waals surface area contributed by atoms with E-state index in [4.69, 9.17) is 0 Å². The van der Waals surface area contributed by atoms with E-state index in [0.29, 0.717) is 6.04 Å². The van der Waals surface area contributed by atoms with Crippen LogP contribution in [-0.2, 0) is 6.54 Å². The lowest BCUT2D eigenvalue weighted by molar-refractivity contribution is 0.699. The summed E-state index contributed by atoms with van der Waals surface area (Å²) < 4.78 is 0. The van der Waals surface area contributed by atoms with Crippen molar-refractivity contribution in [2.75, 3.05) is 7.05 Å². The molecule has 0 radical (unpaired) electrons. The van der Waals surface area contributed by atoms with Gasteiger partial charge in [-0.15, -0.1) is 0 Å². The van der Waals surface area contributed by atoms with Gasteiger partial charge in [0.25, 0.3) is 0 Å². The Balaban J connectivity index is 2.42. The molecule has 15 heavy (non-hydrogen) atoms. The summed E-state index contributed by atoms with van der Waals surface area (Å²) in [5.41, 5.74) is 1.25. The van der Waals surface area contributed by atoms with Crippen LogP contribution in [0, 0.1) is 0 Å².